The van der Waals surface area contributed by atoms with Crippen LogP contribution in [0.25, 0.3) is 0 Å². The smallest absolute Gasteiger partial charge is 0.231 e. The Labute approximate surface area is 131 Å². The number of rotatable bonds is 5. The van der Waals surface area contributed by atoms with Crippen LogP contribution in [0.2, 0.25) is 0 Å². The van der Waals surface area contributed by atoms with Gasteiger partial charge in [-0.2, -0.15) is 0 Å². The molecule has 0 aromatic heterocycles. The van der Waals surface area contributed by atoms with Crippen molar-refractivity contribution in [3.63, 3.8) is 0 Å². The third kappa shape index (κ3) is 3.47. The molecule has 0 bridgehead atoms. The number of piperidine rings is 1. The standard InChI is InChI=1S/C17H25NO4/c1-12-4-3-5-13(2)18(12)9-14(19)10-20-15-6-7-16-17(8-15)22-11-21-16/h6-8,12-14,19H,3-5,9-11H2,1-2H3/t12-,13-,14+/m0/s1. The minimum atomic E-state index is -0.492. The lowest BCUT2D eigenvalue weighted by Crippen LogP contribution is -2.48. The Balaban J connectivity index is 1.50. The molecule has 5 nitrogen and oxygen atoms in total. The lowest BCUT2D eigenvalue weighted by Gasteiger charge is -2.40. The molecule has 0 radical (unpaired) electrons. The second kappa shape index (κ2) is 6.75. The SMILES string of the molecule is C[C@H]1CCC[C@H](C)N1C[C@@H](O)COc1ccc2c(c1)OCO2. The van der Waals surface area contributed by atoms with Crippen LogP contribution in [-0.4, -0.2) is 48.1 Å². The summed E-state index contributed by atoms with van der Waals surface area (Å²) < 4.78 is 16.3. The van der Waals surface area contributed by atoms with Crippen LogP contribution in [-0.2, 0) is 0 Å². The molecule has 0 amide bonds. The zero-order valence-corrected chi connectivity index (χ0v) is 13.3. The first-order chi connectivity index (χ1) is 10.6. The highest BCUT2D eigenvalue weighted by Crippen LogP contribution is 2.35. The lowest BCUT2D eigenvalue weighted by atomic mass is 9.97. The first-order valence-corrected chi connectivity index (χ1v) is 8.09. The number of ether oxygens (including phenoxy) is 3. The Morgan fingerprint density at radius 2 is 1.95 bits per heavy atom. The molecule has 3 rings (SSSR count). The van der Waals surface area contributed by atoms with Crippen LogP contribution >= 0.6 is 0 Å². The van der Waals surface area contributed by atoms with E-state index in [1.807, 2.05) is 12.1 Å². The van der Waals surface area contributed by atoms with E-state index in [1.165, 1.54) is 19.3 Å². The van der Waals surface area contributed by atoms with Crippen LogP contribution in [0.5, 0.6) is 17.2 Å². The van der Waals surface area contributed by atoms with Crippen LogP contribution in [0.1, 0.15) is 33.1 Å². The fourth-order valence-corrected chi connectivity index (χ4v) is 3.29. The van der Waals surface area contributed by atoms with Crippen molar-refractivity contribution >= 4 is 0 Å². The van der Waals surface area contributed by atoms with Crippen LogP contribution in [0.3, 0.4) is 0 Å². The Morgan fingerprint density at radius 1 is 1.23 bits per heavy atom. The number of fused-ring (bicyclic) bond motifs is 1. The maximum absolute atomic E-state index is 10.3. The van der Waals surface area contributed by atoms with Crippen molar-refractivity contribution in [1.29, 1.82) is 0 Å². The summed E-state index contributed by atoms with van der Waals surface area (Å²) in [7, 11) is 0. The van der Waals surface area contributed by atoms with Crippen molar-refractivity contribution < 1.29 is 19.3 Å². The molecule has 2 aliphatic heterocycles. The van der Waals surface area contributed by atoms with Gasteiger partial charge in [-0.1, -0.05) is 6.42 Å². The Morgan fingerprint density at radius 3 is 2.73 bits per heavy atom. The number of aliphatic hydroxyl groups excluding tert-OH is 1. The van der Waals surface area contributed by atoms with E-state index in [9.17, 15) is 5.11 Å². The normalized spacial score (nSPS) is 26.0. The molecule has 2 aliphatic rings. The van der Waals surface area contributed by atoms with Gasteiger partial charge in [-0.05, 0) is 38.8 Å². The minimum Gasteiger partial charge on any atom is -0.491 e. The van der Waals surface area contributed by atoms with Gasteiger partial charge in [0.15, 0.2) is 11.5 Å². The average Bonchev–Trinajstić information content (AvgIpc) is 2.96. The predicted octanol–water partition coefficient (Wildman–Crippen LogP) is 2.42. The van der Waals surface area contributed by atoms with Gasteiger partial charge in [0.1, 0.15) is 18.5 Å². The van der Waals surface area contributed by atoms with E-state index in [2.05, 4.69) is 18.7 Å². The number of likely N-dealkylation sites (tertiary alicyclic amines) is 1. The number of hydrogen-bond donors (Lipinski definition) is 1. The predicted molar refractivity (Wildman–Crippen MR) is 83.5 cm³/mol. The number of β-amino-alcohol motifs (C(OH)–C–C–N with tert-alkyl or cyclic N) is 1. The number of nitrogens with zero attached hydrogens (tertiary/aromatic N) is 1. The van der Waals surface area contributed by atoms with Crippen molar-refractivity contribution in [2.45, 2.75) is 51.3 Å². The summed E-state index contributed by atoms with van der Waals surface area (Å²) in [6.07, 6.45) is 3.21. The molecule has 1 N–H and O–H groups in total. The van der Waals surface area contributed by atoms with Crippen molar-refractivity contribution in [2.75, 3.05) is 19.9 Å². The number of aliphatic hydroxyl groups is 1. The van der Waals surface area contributed by atoms with Crippen LogP contribution < -0.4 is 14.2 Å². The summed E-state index contributed by atoms with van der Waals surface area (Å²) >= 11 is 0. The van der Waals surface area contributed by atoms with Gasteiger partial charge in [-0.25, -0.2) is 0 Å². The van der Waals surface area contributed by atoms with Gasteiger partial charge in [0, 0.05) is 24.7 Å². The van der Waals surface area contributed by atoms with Gasteiger partial charge in [0.05, 0.1) is 0 Å². The Hall–Kier alpha value is -1.46. The summed E-state index contributed by atoms with van der Waals surface area (Å²) in [5, 5.41) is 10.3. The molecule has 0 saturated carbocycles. The Kier molecular flexibility index (Phi) is 4.74. The van der Waals surface area contributed by atoms with E-state index >= 15 is 0 Å². The number of hydrogen-bond acceptors (Lipinski definition) is 5. The van der Waals surface area contributed by atoms with Gasteiger partial charge in [-0.15, -0.1) is 0 Å². The molecule has 22 heavy (non-hydrogen) atoms. The van der Waals surface area contributed by atoms with Gasteiger partial charge in [-0.3, -0.25) is 4.90 Å². The first kappa shape index (κ1) is 15.4. The van der Waals surface area contributed by atoms with Crippen LogP contribution in [0.15, 0.2) is 18.2 Å². The van der Waals surface area contributed by atoms with E-state index in [0.717, 1.165) is 5.75 Å². The van der Waals surface area contributed by atoms with Crippen LogP contribution in [0.4, 0.5) is 0 Å². The molecule has 1 aromatic carbocycles. The summed E-state index contributed by atoms with van der Waals surface area (Å²) in [4.78, 5) is 2.39. The summed E-state index contributed by atoms with van der Waals surface area (Å²) in [6, 6.07) is 6.54. The topological polar surface area (TPSA) is 51.2 Å². The molecule has 0 aliphatic carbocycles. The fraction of sp³-hybridized carbons (Fsp3) is 0.647. The molecular weight excluding hydrogens is 282 g/mol. The van der Waals surface area contributed by atoms with Crippen molar-refractivity contribution in [2.24, 2.45) is 0 Å². The fourth-order valence-electron chi connectivity index (χ4n) is 3.29. The summed E-state index contributed by atoms with van der Waals surface area (Å²) in [5.74, 6) is 2.14. The van der Waals surface area contributed by atoms with Crippen molar-refractivity contribution in [3.05, 3.63) is 18.2 Å². The zero-order valence-electron chi connectivity index (χ0n) is 13.3. The van der Waals surface area contributed by atoms with Crippen molar-refractivity contribution in [1.82, 2.24) is 4.90 Å². The van der Waals surface area contributed by atoms with Gasteiger partial charge in [0.2, 0.25) is 6.79 Å². The highest BCUT2D eigenvalue weighted by Gasteiger charge is 2.26. The van der Waals surface area contributed by atoms with Gasteiger partial charge in [0.25, 0.3) is 0 Å². The molecule has 1 fully saturated rings. The van der Waals surface area contributed by atoms with E-state index in [-0.39, 0.29) is 13.4 Å². The first-order valence-electron chi connectivity index (χ1n) is 8.09. The molecule has 2 heterocycles. The second-order valence-electron chi connectivity index (χ2n) is 6.31. The van der Waals surface area contributed by atoms with Gasteiger partial charge >= 0.3 is 0 Å². The number of benzene rings is 1. The second-order valence-corrected chi connectivity index (χ2v) is 6.31. The molecule has 1 saturated heterocycles. The highest BCUT2D eigenvalue weighted by molar-refractivity contribution is 5.46. The quantitative estimate of drug-likeness (QED) is 0.905. The average molecular weight is 307 g/mol. The minimum absolute atomic E-state index is 0.256. The van der Waals surface area contributed by atoms with E-state index < -0.39 is 6.10 Å². The van der Waals surface area contributed by atoms with Crippen molar-refractivity contribution in [3.8, 4) is 17.2 Å². The van der Waals surface area contributed by atoms with E-state index in [1.54, 1.807) is 6.07 Å². The molecule has 0 spiro atoms. The zero-order chi connectivity index (χ0) is 15.5. The lowest BCUT2D eigenvalue weighted by molar-refractivity contribution is 0.0208. The molecule has 0 unspecified atom stereocenters. The molecule has 3 atom stereocenters. The highest BCUT2D eigenvalue weighted by atomic mass is 16.7. The van der Waals surface area contributed by atoms with E-state index in [4.69, 9.17) is 14.2 Å². The summed E-state index contributed by atoms with van der Waals surface area (Å²) in [6.45, 7) is 5.68. The maximum atomic E-state index is 10.3. The molecule has 122 valence electrons. The van der Waals surface area contributed by atoms with E-state index in [0.29, 0.717) is 30.1 Å². The molecule has 5 heteroatoms. The maximum Gasteiger partial charge on any atom is 0.231 e. The molecular formula is C17H25NO4. The van der Waals surface area contributed by atoms with Gasteiger partial charge < -0.3 is 19.3 Å². The largest absolute Gasteiger partial charge is 0.491 e. The molecule has 1 aromatic rings. The van der Waals surface area contributed by atoms with Crippen LogP contribution in [0, 0.1) is 0 Å². The monoisotopic (exact) mass is 307 g/mol. The third-order valence-corrected chi connectivity index (χ3v) is 4.58. The summed E-state index contributed by atoms with van der Waals surface area (Å²) in [5.41, 5.74) is 0. The Bertz CT molecular complexity index is 497. The third-order valence-electron chi connectivity index (χ3n) is 4.58.